The summed E-state index contributed by atoms with van der Waals surface area (Å²) in [6.07, 6.45) is 3.61. The van der Waals surface area contributed by atoms with Crippen molar-refractivity contribution in [2.24, 2.45) is 11.8 Å². The number of anilines is 1. The second kappa shape index (κ2) is 6.42. The first kappa shape index (κ1) is 18.1. The summed E-state index contributed by atoms with van der Waals surface area (Å²) in [7, 11) is -3.27. The van der Waals surface area contributed by atoms with E-state index in [2.05, 4.69) is 41.7 Å². The minimum atomic E-state index is -3.27. The lowest BCUT2D eigenvalue weighted by molar-refractivity contribution is 0.385. The van der Waals surface area contributed by atoms with Gasteiger partial charge in [0.25, 0.3) is 10.2 Å². The minimum Gasteiger partial charge on any atom is -0.356 e. The van der Waals surface area contributed by atoms with Gasteiger partial charge in [-0.3, -0.25) is 0 Å². The van der Waals surface area contributed by atoms with E-state index in [9.17, 15) is 8.42 Å². The van der Waals surface area contributed by atoms with Gasteiger partial charge < -0.3 is 4.90 Å². The smallest absolute Gasteiger partial charge is 0.281 e. The monoisotopic (exact) mass is 379 g/mol. The predicted octanol–water partition coefficient (Wildman–Crippen LogP) is 1.48. The fourth-order valence-electron chi connectivity index (χ4n) is 4.34. The summed E-state index contributed by atoms with van der Waals surface area (Å²) in [6, 6.07) is 2.08. The average molecular weight is 380 g/mol. The Morgan fingerprint density at radius 3 is 2.15 bits per heavy atom. The highest BCUT2D eigenvalue weighted by atomic mass is 32.2. The van der Waals surface area contributed by atoms with Crippen LogP contribution < -0.4 is 4.90 Å². The van der Waals surface area contributed by atoms with Gasteiger partial charge >= 0.3 is 0 Å². The van der Waals surface area contributed by atoms with Crippen LogP contribution in [-0.2, 0) is 15.6 Å². The van der Waals surface area contributed by atoms with Gasteiger partial charge in [-0.1, -0.05) is 20.8 Å². The van der Waals surface area contributed by atoms with Crippen LogP contribution in [0.5, 0.6) is 0 Å². The van der Waals surface area contributed by atoms with Gasteiger partial charge in [0.1, 0.15) is 12.1 Å². The highest BCUT2D eigenvalue weighted by molar-refractivity contribution is 7.86. The summed E-state index contributed by atoms with van der Waals surface area (Å²) >= 11 is 0. The van der Waals surface area contributed by atoms with Crippen molar-refractivity contribution in [1.82, 2.24) is 18.6 Å². The van der Waals surface area contributed by atoms with Gasteiger partial charge in [0.05, 0.1) is 5.69 Å². The summed E-state index contributed by atoms with van der Waals surface area (Å²) in [5.74, 6) is 1.74. The first-order valence-electron chi connectivity index (χ1n) is 9.58. The molecule has 0 aliphatic carbocycles. The van der Waals surface area contributed by atoms with Crippen LogP contribution in [-0.4, -0.2) is 66.3 Å². The standard InChI is InChI=1S/C18H29N5O2S/c1-18(2,3)16-8-17(20-13-19-16)21-9-14-11-23(12-15(14)10-21)26(24,25)22-6-4-5-7-22/h8,13-15H,4-7,9-12H2,1-3H3. The maximum absolute atomic E-state index is 12.8. The maximum Gasteiger partial charge on any atom is 0.281 e. The summed E-state index contributed by atoms with van der Waals surface area (Å²) in [5.41, 5.74) is 1.03. The molecule has 0 radical (unpaired) electrons. The van der Waals surface area contributed by atoms with Crippen LogP contribution >= 0.6 is 0 Å². The average Bonchev–Trinajstić information content (AvgIpc) is 3.30. The molecule has 0 saturated carbocycles. The zero-order chi connectivity index (χ0) is 18.5. The molecule has 8 heteroatoms. The Bertz CT molecular complexity index is 756. The molecule has 1 aromatic rings. The van der Waals surface area contributed by atoms with Crippen molar-refractivity contribution in [2.45, 2.75) is 39.0 Å². The number of rotatable bonds is 3. The summed E-state index contributed by atoms with van der Waals surface area (Å²) in [4.78, 5) is 11.2. The summed E-state index contributed by atoms with van der Waals surface area (Å²) < 4.78 is 29.0. The van der Waals surface area contributed by atoms with Crippen LogP contribution in [0.3, 0.4) is 0 Å². The van der Waals surface area contributed by atoms with Gasteiger partial charge in [-0.05, 0) is 24.7 Å². The van der Waals surface area contributed by atoms with Crippen molar-refractivity contribution in [3.63, 3.8) is 0 Å². The lowest BCUT2D eigenvalue weighted by Crippen LogP contribution is -2.42. The Hall–Kier alpha value is -1.25. The van der Waals surface area contributed by atoms with E-state index in [1.54, 1.807) is 14.9 Å². The topological polar surface area (TPSA) is 69.6 Å². The minimum absolute atomic E-state index is 0.00606. The summed E-state index contributed by atoms with van der Waals surface area (Å²) in [6.45, 7) is 10.8. The van der Waals surface area contributed by atoms with E-state index in [-0.39, 0.29) is 5.41 Å². The van der Waals surface area contributed by atoms with Crippen molar-refractivity contribution < 1.29 is 8.42 Å². The quantitative estimate of drug-likeness (QED) is 0.796. The lowest BCUT2D eigenvalue weighted by Gasteiger charge is -2.26. The highest BCUT2D eigenvalue weighted by Gasteiger charge is 2.46. The Morgan fingerprint density at radius 1 is 0.962 bits per heavy atom. The van der Waals surface area contributed by atoms with E-state index in [1.807, 2.05) is 0 Å². The number of hydrogen-bond donors (Lipinski definition) is 0. The van der Waals surface area contributed by atoms with E-state index >= 15 is 0 Å². The van der Waals surface area contributed by atoms with Gasteiger partial charge in [-0.25, -0.2) is 9.97 Å². The molecule has 26 heavy (non-hydrogen) atoms. The van der Waals surface area contributed by atoms with E-state index in [0.29, 0.717) is 38.0 Å². The third-order valence-corrected chi connectivity index (χ3v) is 7.88. The molecule has 3 saturated heterocycles. The SMILES string of the molecule is CC(C)(C)c1cc(N2CC3CN(S(=O)(=O)N4CCCC4)CC3C2)ncn1. The van der Waals surface area contributed by atoms with Crippen LogP contribution in [0.4, 0.5) is 5.82 Å². The van der Waals surface area contributed by atoms with Crippen LogP contribution in [0, 0.1) is 11.8 Å². The first-order chi connectivity index (χ1) is 12.2. The molecule has 3 aliphatic rings. The molecule has 2 unspecified atom stereocenters. The number of fused-ring (bicyclic) bond motifs is 1. The second-order valence-electron chi connectivity index (χ2n) is 8.87. The Morgan fingerprint density at radius 2 is 1.58 bits per heavy atom. The molecule has 0 amide bonds. The molecule has 0 N–H and O–H groups in total. The number of nitrogens with zero attached hydrogens (tertiary/aromatic N) is 5. The zero-order valence-electron chi connectivity index (χ0n) is 15.9. The number of hydrogen-bond acceptors (Lipinski definition) is 5. The summed E-state index contributed by atoms with van der Waals surface area (Å²) in [5, 5.41) is 0. The first-order valence-corrected chi connectivity index (χ1v) is 11.0. The molecule has 7 nitrogen and oxygen atoms in total. The molecule has 0 aromatic carbocycles. The van der Waals surface area contributed by atoms with Gasteiger partial charge in [0.15, 0.2) is 0 Å². The fourth-order valence-corrected chi connectivity index (χ4v) is 6.14. The third-order valence-electron chi connectivity index (χ3n) is 5.92. The van der Waals surface area contributed by atoms with Crippen molar-refractivity contribution in [3.8, 4) is 0 Å². The van der Waals surface area contributed by atoms with Crippen LogP contribution in [0.2, 0.25) is 0 Å². The third kappa shape index (κ3) is 3.23. The van der Waals surface area contributed by atoms with E-state index < -0.39 is 10.2 Å². The molecule has 144 valence electrons. The van der Waals surface area contributed by atoms with Crippen molar-refractivity contribution in [2.75, 3.05) is 44.2 Å². The van der Waals surface area contributed by atoms with E-state index in [0.717, 1.165) is 37.4 Å². The second-order valence-corrected chi connectivity index (χ2v) is 10.8. The fraction of sp³-hybridized carbons (Fsp3) is 0.778. The van der Waals surface area contributed by atoms with Crippen molar-refractivity contribution in [1.29, 1.82) is 0 Å². The molecule has 3 fully saturated rings. The van der Waals surface area contributed by atoms with Gasteiger partial charge in [0, 0.05) is 50.7 Å². The predicted molar refractivity (Wildman–Crippen MR) is 101 cm³/mol. The zero-order valence-corrected chi connectivity index (χ0v) is 16.7. The molecule has 0 spiro atoms. The maximum atomic E-state index is 12.8. The molecular formula is C18H29N5O2S. The largest absolute Gasteiger partial charge is 0.356 e. The van der Waals surface area contributed by atoms with Crippen LogP contribution in [0.15, 0.2) is 12.4 Å². The Balaban J connectivity index is 1.44. The highest BCUT2D eigenvalue weighted by Crippen LogP contribution is 2.36. The van der Waals surface area contributed by atoms with Crippen LogP contribution in [0.25, 0.3) is 0 Å². The molecule has 3 aliphatic heterocycles. The normalized spacial score (nSPS) is 28.0. The Kier molecular flexibility index (Phi) is 4.48. The van der Waals surface area contributed by atoms with Crippen LogP contribution in [0.1, 0.15) is 39.3 Å². The lowest BCUT2D eigenvalue weighted by atomic mass is 9.92. The van der Waals surface area contributed by atoms with Gasteiger partial charge in [0.2, 0.25) is 0 Å². The van der Waals surface area contributed by atoms with Crippen molar-refractivity contribution in [3.05, 3.63) is 18.1 Å². The molecular weight excluding hydrogens is 350 g/mol. The van der Waals surface area contributed by atoms with Crippen molar-refractivity contribution >= 4 is 16.0 Å². The molecule has 4 heterocycles. The van der Waals surface area contributed by atoms with E-state index in [1.165, 1.54) is 0 Å². The van der Waals surface area contributed by atoms with E-state index in [4.69, 9.17) is 0 Å². The molecule has 4 rings (SSSR count). The van der Waals surface area contributed by atoms with Gasteiger partial charge in [-0.15, -0.1) is 0 Å². The van der Waals surface area contributed by atoms with Gasteiger partial charge in [-0.2, -0.15) is 17.0 Å². The molecule has 2 atom stereocenters. The molecule has 0 bridgehead atoms. The Labute approximate surface area is 156 Å². The molecule has 1 aromatic heterocycles. The number of aromatic nitrogens is 2.